The minimum absolute atomic E-state index is 0.391. The van der Waals surface area contributed by atoms with Crippen LogP contribution in [-0.4, -0.2) is 0 Å². The molecule has 0 radical (unpaired) electrons. The van der Waals surface area contributed by atoms with E-state index in [2.05, 4.69) is 25.6 Å². The van der Waals surface area contributed by atoms with E-state index in [1.54, 1.807) is 24.5 Å². The Kier molecular flexibility index (Phi) is 11.3. The average molecular weight is 1580 g/mol. The van der Waals surface area contributed by atoms with Crippen LogP contribution < -0.4 is 8.36 Å². The summed E-state index contributed by atoms with van der Waals surface area (Å²) >= 11 is 4.63. The number of ether oxygens (including phenoxy) is 1. The molecule has 0 saturated carbocycles. The van der Waals surface area contributed by atoms with E-state index in [9.17, 15) is 0 Å². The average Bonchev–Trinajstić information content (AvgIpc) is 2.52. The molecule has 0 amide bonds. The van der Waals surface area contributed by atoms with Gasteiger partial charge in [0.05, 0.1) is 0 Å². The van der Waals surface area contributed by atoms with E-state index in [0.717, 1.165) is 0 Å². The van der Waals surface area contributed by atoms with Gasteiger partial charge in [0.2, 0.25) is 0 Å². The first-order valence-electron chi connectivity index (χ1n) is 7.82. The molecule has 0 N–H and O–H groups in total. The predicted molar refractivity (Wildman–Crippen MR) is 72.7 cm³/mol. The standard InChI is InChI=1S/C14H6OS.6Ra.6H/c1-9-3-5-11-13(7-9)16-14-8-10(2)4-6-12(14)15-11;;;;;;;;;;;;/h1-2H3;;;;;;;;;;;;. The van der Waals surface area contributed by atoms with E-state index in [-0.39, 0.29) is 0 Å². The van der Waals surface area contributed by atoms with Crippen LogP contribution in [0, 0.1) is 271 Å². The van der Waals surface area contributed by atoms with Gasteiger partial charge in [0.15, 0.2) is 0 Å². The summed E-state index contributed by atoms with van der Waals surface area (Å²) < 4.78 is 17.1. The summed E-state index contributed by atoms with van der Waals surface area (Å²) in [4.78, 5) is 3.14. The van der Waals surface area contributed by atoms with Crippen LogP contribution in [0.4, 0.5) is 0 Å². The molecule has 0 spiro atoms. The third-order valence-corrected chi connectivity index (χ3v) is 76.2. The Labute approximate surface area is 311 Å². The zero-order valence-electron chi connectivity index (χ0n) is 14.8. The fraction of sp³-hybridized carbons (Fsp3) is 0.143. The molecule has 1 aliphatic rings. The van der Waals surface area contributed by atoms with E-state index in [1.165, 1.54) is 11.5 Å². The van der Waals surface area contributed by atoms with Crippen molar-refractivity contribution in [1.82, 2.24) is 0 Å². The van der Waals surface area contributed by atoms with Gasteiger partial charge in [-0.2, -0.15) is 0 Å². The number of hydrogen-bond donors (Lipinski definition) is 0. The summed E-state index contributed by atoms with van der Waals surface area (Å²) in [5, 5.41) is 0. The number of rotatable bonds is 0. The van der Waals surface area contributed by atoms with Crippen LogP contribution in [0.25, 0.3) is 0 Å². The normalized spacial score (nSPS) is 12.2. The summed E-state index contributed by atoms with van der Waals surface area (Å²) in [5.41, 5.74) is 3.38. The molecule has 1 aliphatic heterocycles. The fourth-order valence-corrected chi connectivity index (χ4v) is 41.3. The molecule has 0 unspecified atom stereocenters. The third-order valence-electron chi connectivity index (χ3n) is 5.56. The minimum atomic E-state index is 0.391. The van der Waals surface area contributed by atoms with Gasteiger partial charge >= 0.3 is 323 Å². The molecule has 0 aliphatic carbocycles. The molecule has 8 heteroatoms. The van der Waals surface area contributed by atoms with E-state index in [4.69, 9.17) is 4.74 Å². The zero-order chi connectivity index (χ0) is 16.3. The van der Waals surface area contributed by atoms with Crippen LogP contribution >= 0.6 is 11.8 Å². The van der Waals surface area contributed by atoms with E-state index >= 15 is 0 Å². The maximum absolute atomic E-state index is 6.71. The SMILES string of the molecule is Cc1[c]([RaH])[c]([RaH])c2c([c]1[RaH])Sc1[c]([RaH])c(C)[c]([RaH])[c]([RaH])c1O2. The molecule has 1 heterocycles. The molecule has 0 aromatic heterocycles. The molecule has 2 aromatic carbocycles. The van der Waals surface area contributed by atoms with Crippen molar-refractivity contribution in [2.75, 3.05) is 0 Å². The quantitative estimate of drug-likeness (QED) is 0.258. The van der Waals surface area contributed by atoms with E-state index in [1.807, 2.05) is 0 Å². The number of hydrogen-bond acceptors (Lipinski definition) is 2. The van der Waals surface area contributed by atoms with Gasteiger partial charge in [0, 0.05) is 0 Å². The van der Waals surface area contributed by atoms with Crippen molar-refractivity contribution in [2.45, 2.75) is 23.6 Å². The second kappa shape index (κ2) is 10.3. The van der Waals surface area contributed by atoms with Crippen LogP contribution in [-0.2, 0) is 0 Å². The van der Waals surface area contributed by atoms with E-state index < -0.39 is 0 Å². The van der Waals surface area contributed by atoms with Gasteiger partial charge in [-0.25, -0.2) is 0 Å². The first-order valence-corrected chi connectivity index (χ1v) is 33.3. The van der Waals surface area contributed by atoms with Gasteiger partial charge in [0.25, 0.3) is 0 Å². The predicted octanol–water partition coefficient (Wildman–Crippen LogP) is -2.00. The van der Waals surface area contributed by atoms with E-state index in [0.29, 0.717) is 257 Å². The molecular formula is C14H12ORa6S. The van der Waals surface area contributed by atoms with Crippen LogP contribution in [0.5, 0.6) is 11.5 Å². The second-order valence-electron chi connectivity index (χ2n) is 6.52. The van der Waals surface area contributed by atoms with Crippen molar-refractivity contribution < 1.29 is 261 Å². The Balaban J connectivity index is 2.32. The first kappa shape index (κ1) is 24.0. The Morgan fingerprint density at radius 1 is 0.591 bits per heavy atom. The monoisotopic (exact) mass is 1580 g/mol. The fourth-order valence-electron chi connectivity index (χ4n) is 3.18. The van der Waals surface area contributed by atoms with Crippen LogP contribution in [0.15, 0.2) is 9.79 Å². The Morgan fingerprint density at radius 3 is 1.32 bits per heavy atom. The molecule has 0 saturated heterocycles. The zero-order valence-corrected chi connectivity index (χ0v) is 65.0. The molecule has 3 rings (SSSR count). The number of fused-ring (bicyclic) bond motifs is 2. The molecule has 2 aromatic rings. The Hall–Kier alpha value is 7.40. The molecule has 22 heavy (non-hydrogen) atoms. The van der Waals surface area contributed by atoms with Gasteiger partial charge < -0.3 is 0 Å². The van der Waals surface area contributed by atoms with Crippen LogP contribution in [0.1, 0.15) is 11.1 Å². The first-order chi connectivity index (χ1) is 10.3. The third kappa shape index (κ3) is 4.75. The number of benzene rings is 2. The van der Waals surface area contributed by atoms with Crippen molar-refractivity contribution in [3.8, 4) is 11.5 Å². The van der Waals surface area contributed by atoms with Gasteiger partial charge in [-0.3, -0.25) is 0 Å². The Morgan fingerprint density at radius 2 is 0.955 bits per heavy atom. The van der Waals surface area contributed by atoms with Crippen molar-refractivity contribution >= 4 is 15.4 Å². The van der Waals surface area contributed by atoms with Gasteiger partial charge in [0.1, 0.15) is 0 Å². The van der Waals surface area contributed by atoms with Gasteiger partial charge in [-0.15, -0.1) is 0 Å². The molecule has 92 valence electrons. The summed E-state index contributed by atoms with van der Waals surface area (Å²) in [6.07, 6.45) is 0. The maximum atomic E-state index is 6.71. The molecule has 0 bridgehead atoms. The summed E-state index contributed by atoms with van der Waals surface area (Å²) in [7, 11) is 0. The summed E-state index contributed by atoms with van der Waals surface area (Å²) in [6, 6.07) is 0. The molecule has 0 fully saturated rings. The van der Waals surface area contributed by atoms with Crippen molar-refractivity contribution in [2.24, 2.45) is 0 Å². The summed E-state index contributed by atoms with van der Waals surface area (Å²) in [5.74, 6) is 2.73. The molecule has 0 atom stereocenters. The van der Waals surface area contributed by atoms with Crippen LogP contribution in [0.2, 0.25) is 0 Å². The second-order valence-corrected chi connectivity index (χ2v) is 32.2. The topological polar surface area (TPSA) is 9.23 Å². The Bertz CT molecular complexity index is 698. The van der Waals surface area contributed by atoms with Crippen LogP contribution in [0.3, 0.4) is 0 Å². The van der Waals surface area contributed by atoms with Gasteiger partial charge in [-0.1, -0.05) is 0 Å². The molecular weight excluding hydrogens is 1570 g/mol. The van der Waals surface area contributed by atoms with Gasteiger partial charge in [-0.05, 0) is 0 Å². The van der Waals surface area contributed by atoms with Crippen molar-refractivity contribution in [3.05, 3.63) is 11.1 Å². The van der Waals surface area contributed by atoms with Crippen molar-refractivity contribution in [1.29, 1.82) is 0 Å². The van der Waals surface area contributed by atoms with Crippen molar-refractivity contribution in [3.63, 3.8) is 0 Å². The summed E-state index contributed by atoms with van der Waals surface area (Å²) in [6.45, 7) is 4.80. The molecule has 1 nitrogen and oxygen atoms in total.